The highest BCUT2D eigenvalue weighted by Gasteiger charge is 2.20. The second-order valence-electron chi connectivity index (χ2n) is 7.30. The van der Waals surface area contributed by atoms with Crippen LogP contribution in [0.15, 0.2) is 30.5 Å². The first-order valence-corrected chi connectivity index (χ1v) is 9.93. The van der Waals surface area contributed by atoms with Crippen molar-refractivity contribution < 1.29 is 14.2 Å². The van der Waals surface area contributed by atoms with Gasteiger partial charge in [0.05, 0.1) is 31.6 Å². The average molecular weight is 430 g/mol. The van der Waals surface area contributed by atoms with Gasteiger partial charge in [0, 0.05) is 28.6 Å². The Labute approximate surface area is 185 Å². The van der Waals surface area contributed by atoms with Gasteiger partial charge < -0.3 is 14.2 Å². The summed E-state index contributed by atoms with van der Waals surface area (Å²) in [6, 6.07) is 9.17. The zero-order chi connectivity index (χ0) is 22.8. The molecule has 9 nitrogen and oxygen atoms in total. The lowest BCUT2D eigenvalue weighted by Crippen LogP contribution is -2.10. The standard InChI is InChI=1S/C23H22N6O3/c1-12-11-25-27-13(2)22(12)14(3)32-20-8-17-18(9-19(20)30-4)28-29-23(17)15-6-16(10-24)26-21(7-15)31-5/h6-9,11,14H,1-5H3,(H,28,29)/t14-/m1/s1. The molecule has 4 rings (SSSR count). The highest BCUT2D eigenvalue weighted by atomic mass is 16.5. The fraction of sp³-hybridized carbons (Fsp3) is 0.261. The molecule has 3 heterocycles. The van der Waals surface area contributed by atoms with Crippen molar-refractivity contribution in [2.45, 2.75) is 26.9 Å². The van der Waals surface area contributed by atoms with Gasteiger partial charge in [-0.05, 0) is 38.5 Å². The highest BCUT2D eigenvalue weighted by molar-refractivity contribution is 5.95. The quantitative estimate of drug-likeness (QED) is 0.486. The van der Waals surface area contributed by atoms with Crippen LogP contribution < -0.4 is 14.2 Å². The van der Waals surface area contributed by atoms with Gasteiger partial charge in [0.25, 0.3) is 0 Å². The fourth-order valence-corrected chi connectivity index (χ4v) is 3.78. The van der Waals surface area contributed by atoms with E-state index in [4.69, 9.17) is 14.2 Å². The molecule has 0 unspecified atom stereocenters. The number of aryl methyl sites for hydroxylation is 2. The van der Waals surface area contributed by atoms with Gasteiger partial charge in [-0.25, -0.2) is 4.98 Å². The number of nitrogens with one attached hydrogen (secondary N) is 1. The zero-order valence-electron chi connectivity index (χ0n) is 18.4. The van der Waals surface area contributed by atoms with Crippen LogP contribution in [0.5, 0.6) is 17.4 Å². The Morgan fingerprint density at radius 3 is 2.56 bits per heavy atom. The van der Waals surface area contributed by atoms with Crippen LogP contribution in [0.3, 0.4) is 0 Å². The summed E-state index contributed by atoms with van der Waals surface area (Å²) in [5.74, 6) is 1.47. The van der Waals surface area contributed by atoms with Crippen LogP contribution in [0.2, 0.25) is 0 Å². The molecule has 1 atom stereocenters. The first kappa shape index (κ1) is 21.1. The minimum absolute atomic E-state index is 0.241. The van der Waals surface area contributed by atoms with E-state index in [2.05, 4.69) is 31.4 Å². The Balaban J connectivity index is 1.81. The number of hydrogen-bond acceptors (Lipinski definition) is 8. The predicted octanol–water partition coefficient (Wildman–Crippen LogP) is 4.06. The number of rotatable bonds is 6. The number of nitrogens with zero attached hydrogens (tertiary/aromatic N) is 5. The number of H-pyrrole nitrogens is 1. The maximum Gasteiger partial charge on any atom is 0.214 e. The maximum absolute atomic E-state index is 9.31. The largest absolute Gasteiger partial charge is 0.493 e. The van der Waals surface area contributed by atoms with Crippen LogP contribution in [-0.4, -0.2) is 39.6 Å². The van der Waals surface area contributed by atoms with Gasteiger partial charge in [-0.2, -0.15) is 20.6 Å². The van der Waals surface area contributed by atoms with Crippen molar-refractivity contribution in [2.24, 2.45) is 0 Å². The van der Waals surface area contributed by atoms with E-state index in [1.807, 2.05) is 32.9 Å². The Morgan fingerprint density at radius 1 is 1.06 bits per heavy atom. The van der Waals surface area contributed by atoms with Gasteiger partial charge in [0.2, 0.25) is 5.88 Å². The highest BCUT2D eigenvalue weighted by Crippen LogP contribution is 2.39. The summed E-state index contributed by atoms with van der Waals surface area (Å²) in [6.45, 7) is 5.85. The molecule has 0 spiro atoms. The number of benzene rings is 1. The summed E-state index contributed by atoms with van der Waals surface area (Å²) in [5.41, 5.74) is 5.15. The minimum Gasteiger partial charge on any atom is -0.493 e. The predicted molar refractivity (Wildman–Crippen MR) is 118 cm³/mol. The van der Waals surface area contributed by atoms with Gasteiger partial charge in [-0.1, -0.05) is 0 Å². The van der Waals surface area contributed by atoms with Crippen LogP contribution in [0.1, 0.15) is 35.5 Å². The molecule has 0 radical (unpaired) electrons. The number of aromatic amines is 1. The van der Waals surface area contributed by atoms with E-state index < -0.39 is 0 Å². The van der Waals surface area contributed by atoms with Gasteiger partial charge in [-0.3, -0.25) is 5.10 Å². The van der Waals surface area contributed by atoms with Crippen molar-refractivity contribution in [3.8, 4) is 34.7 Å². The second-order valence-corrected chi connectivity index (χ2v) is 7.30. The third-order valence-electron chi connectivity index (χ3n) is 5.23. The number of aromatic nitrogens is 5. The molecule has 162 valence electrons. The normalized spacial score (nSPS) is 11.8. The van der Waals surface area contributed by atoms with Crippen molar-refractivity contribution in [2.75, 3.05) is 14.2 Å². The van der Waals surface area contributed by atoms with E-state index in [-0.39, 0.29) is 11.8 Å². The Kier molecular flexibility index (Phi) is 5.60. The molecule has 0 saturated carbocycles. The molecule has 0 saturated heterocycles. The number of fused-ring (bicyclic) bond motifs is 1. The third-order valence-corrected chi connectivity index (χ3v) is 5.23. The van der Waals surface area contributed by atoms with Crippen molar-refractivity contribution in [1.82, 2.24) is 25.4 Å². The van der Waals surface area contributed by atoms with E-state index in [0.717, 1.165) is 27.7 Å². The first-order valence-electron chi connectivity index (χ1n) is 9.93. The second kappa shape index (κ2) is 8.51. The molecule has 0 bridgehead atoms. The molecular weight excluding hydrogens is 408 g/mol. The van der Waals surface area contributed by atoms with Crippen molar-refractivity contribution in [1.29, 1.82) is 5.26 Å². The fourth-order valence-electron chi connectivity index (χ4n) is 3.78. The topological polar surface area (TPSA) is 119 Å². The zero-order valence-corrected chi connectivity index (χ0v) is 18.4. The Bertz CT molecular complexity index is 1320. The summed E-state index contributed by atoms with van der Waals surface area (Å²) in [4.78, 5) is 4.12. The Morgan fingerprint density at radius 2 is 1.88 bits per heavy atom. The van der Waals surface area contributed by atoms with E-state index >= 15 is 0 Å². The summed E-state index contributed by atoms with van der Waals surface area (Å²) < 4.78 is 17.1. The molecule has 4 aromatic rings. The molecule has 0 aliphatic heterocycles. The molecule has 1 N–H and O–H groups in total. The first-order chi connectivity index (χ1) is 15.4. The van der Waals surface area contributed by atoms with Gasteiger partial charge >= 0.3 is 0 Å². The minimum atomic E-state index is -0.279. The van der Waals surface area contributed by atoms with Crippen LogP contribution in [0, 0.1) is 25.2 Å². The van der Waals surface area contributed by atoms with Crippen molar-refractivity contribution in [3.63, 3.8) is 0 Å². The number of nitriles is 1. The van der Waals surface area contributed by atoms with Crippen molar-refractivity contribution >= 4 is 10.9 Å². The van der Waals surface area contributed by atoms with Crippen LogP contribution >= 0.6 is 0 Å². The van der Waals surface area contributed by atoms with Gasteiger partial charge in [-0.15, -0.1) is 0 Å². The van der Waals surface area contributed by atoms with Crippen molar-refractivity contribution in [3.05, 3.63) is 53.0 Å². The van der Waals surface area contributed by atoms with E-state index in [1.165, 1.54) is 7.11 Å². The SMILES string of the molecule is COc1cc(-c2n[nH]c3cc(OC)c(O[C@H](C)c4c(C)cnnc4C)cc23)cc(C#N)n1. The summed E-state index contributed by atoms with van der Waals surface area (Å²) in [6.07, 6.45) is 1.44. The lowest BCUT2D eigenvalue weighted by molar-refractivity contribution is 0.214. The monoisotopic (exact) mass is 430 g/mol. The molecule has 9 heteroatoms. The molecule has 1 aromatic carbocycles. The lowest BCUT2D eigenvalue weighted by atomic mass is 10.0. The van der Waals surface area contributed by atoms with Gasteiger partial charge in [0.1, 0.15) is 23.6 Å². The van der Waals surface area contributed by atoms with Crippen LogP contribution in [-0.2, 0) is 0 Å². The van der Waals surface area contributed by atoms with E-state index in [0.29, 0.717) is 28.6 Å². The lowest BCUT2D eigenvalue weighted by Gasteiger charge is -2.20. The van der Waals surface area contributed by atoms with Crippen LogP contribution in [0.4, 0.5) is 0 Å². The molecule has 0 aliphatic carbocycles. The number of ether oxygens (including phenoxy) is 3. The smallest absolute Gasteiger partial charge is 0.214 e. The maximum atomic E-state index is 9.31. The molecule has 32 heavy (non-hydrogen) atoms. The Hall–Kier alpha value is -4.19. The number of hydrogen-bond donors (Lipinski definition) is 1. The van der Waals surface area contributed by atoms with Gasteiger partial charge in [0.15, 0.2) is 11.5 Å². The molecule has 0 aliphatic rings. The molecule has 0 amide bonds. The average Bonchev–Trinajstić information content (AvgIpc) is 3.20. The van der Waals surface area contributed by atoms with Crippen LogP contribution in [0.25, 0.3) is 22.2 Å². The number of methoxy groups -OCH3 is 2. The summed E-state index contributed by atoms with van der Waals surface area (Å²) >= 11 is 0. The summed E-state index contributed by atoms with van der Waals surface area (Å²) in [5, 5.41) is 25.7. The summed E-state index contributed by atoms with van der Waals surface area (Å²) in [7, 11) is 3.10. The molecule has 3 aromatic heterocycles. The molecule has 0 fully saturated rings. The van der Waals surface area contributed by atoms with E-state index in [1.54, 1.807) is 25.4 Å². The number of pyridine rings is 1. The molecular formula is C23H22N6O3. The van der Waals surface area contributed by atoms with E-state index in [9.17, 15) is 5.26 Å². The third kappa shape index (κ3) is 3.78.